The Hall–Kier alpha value is -3.02. The third-order valence-electron chi connectivity index (χ3n) is 6.76. The molecule has 1 aliphatic carbocycles. The van der Waals surface area contributed by atoms with Crippen molar-refractivity contribution in [3.8, 4) is 5.75 Å². The first-order chi connectivity index (χ1) is 17.9. The van der Waals surface area contributed by atoms with Crippen molar-refractivity contribution in [3.63, 3.8) is 0 Å². The van der Waals surface area contributed by atoms with Gasteiger partial charge in [-0.05, 0) is 60.7 Å². The zero-order chi connectivity index (χ0) is 26.2. The lowest BCUT2D eigenvalue weighted by atomic mass is 10.0. The van der Waals surface area contributed by atoms with Crippen molar-refractivity contribution < 1.29 is 14.3 Å². The largest absolute Gasteiger partial charge is 0.484 e. The summed E-state index contributed by atoms with van der Waals surface area (Å²) in [7, 11) is 0. The van der Waals surface area contributed by atoms with E-state index in [1.54, 1.807) is 29.2 Å². The minimum absolute atomic E-state index is 0.135. The Morgan fingerprint density at radius 2 is 1.68 bits per heavy atom. The van der Waals surface area contributed by atoms with Gasteiger partial charge < -0.3 is 15.0 Å². The van der Waals surface area contributed by atoms with E-state index in [1.807, 2.05) is 55.5 Å². The maximum Gasteiger partial charge on any atom is 0.261 e. The molecule has 0 aromatic heterocycles. The summed E-state index contributed by atoms with van der Waals surface area (Å²) < 4.78 is 5.85. The highest BCUT2D eigenvalue weighted by atomic mass is 35.5. The van der Waals surface area contributed by atoms with Crippen LogP contribution in [0.1, 0.15) is 42.4 Å². The Labute approximate surface area is 228 Å². The van der Waals surface area contributed by atoms with Gasteiger partial charge in [-0.2, -0.15) is 0 Å². The molecule has 5 nitrogen and oxygen atoms in total. The van der Waals surface area contributed by atoms with Crippen molar-refractivity contribution in [1.82, 2.24) is 10.2 Å². The van der Waals surface area contributed by atoms with Crippen LogP contribution in [0.2, 0.25) is 10.0 Å². The molecule has 2 amide bonds. The Morgan fingerprint density at radius 1 is 0.973 bits per heavy atom. The summed E-state index contributed by atoms with van der Waals surface area (Å²) in [5.41, 5.74) is 2.60. The summed E-state index contributed by atoms with van der Waals surface area (Å²) in [5.74, 6) is 0.0940. The zero-order valence-electron chi connectivity index (χ0n) is 21.0. The number of benzene rings is 3. The molecule has 0 aliphatic heterocycles. The SMILES string of the molecule is Cc1cc(OCC(=O)N(Cc2ccccc2Cl)[C@H](Cc2ccccc2)C(=O)NC2CCCC2)ccc1Cl. The maximum absolute atomic E-state index is 13.7. The summed E-state index contributed by atoms with van der Waals surface area (Å²) in [6.07, 6.45) is 4.51. The molecule has 0 heterocycles. The lowest BCUT2D eigenvalue weighted by Crippen LogP contribution is -2.53. The summed E-state index contributed by atoms with van der Waals surface area (Å²) >= 11 is 12.6. The molecule has 3 aromatic carbocycles. The van der Waals surface area contributed by atoms with Crippen molar-refractivity contribution in [1.29, 1.82) is 0 Å². The number of carbonyl (C=O) groups is 2. The van der Waals surface area contributed by atoms with Gasteiger partial charge in [0.2, 0.25) is 5.91 Å². The molecule has 1 N–H and O–H groups in total. The lowest BCUT2D eigenvalue weighted by Gasteiger charge is -2.32. The van der Waals surface area contributed by atoms with E-state index in [1.165, 1.54) is 0 Å². The van der Waals surface area contributed by atoms with Crippen LogP contribution >= 0.6 is 23.2 Å². The first-order valence-corrected chi connectivity index (χ1v) is 13.4. The third kappa shape index (κ3) is 7.50. The molecule has 4 rings (SSSR count). The van der Waals surface area contributed by atoms with Gasteiger partial charge in [0.1, 0.15) is 11.8 Å². The van der Waals surface area contributed by atoms with E-state index in [-0.39, 0.29) is 31.0 Å². The Balaban J connectivity index is 1.62. The van der Waals surface area contributed by atoms with Gasteiger partial charge in [0, 0.05) is 29.1 Å². The molecule has 0 unspecified atom stereocenters. The number of carbonyl (C=O) groups excluding carboxylic acids is 2. The monoisotopic (exact) mass is 538 g/mol. The fourth-order valence-electron chi connectivity index (χ4n) is 4.67. The number of hydrogen-bond acceptors (Lipinski definition) is 3. The summed E-state index contributed by atoms with van der Waals surface area (Å²) in [6.45, 7) is 1.86. The molecule has 0 radical (unpaired) electrons. The molecule has 1 atom stereocenters. The van der Waals surface area contributed by atoms with Gasteiger partial charge >= 0.3 is 0 Å². The minimum Gasteiger partial charge on any atom is -0.484 e. The molecule has 3 aromatic rings. The van der Waals surface area contributed by atoms with E-state index < -0.39 is 6.04 Å². The second-order valence-corrected chi connectivity index (χ2v) is 10.3. The summed E-state index contributed by atoms with van der Waals surface area (Å²) in [5, 5.41) is 4.38. The number of nitrogens with zero attached hydrogens (tertiary/aromatic N) is 1. The van der Waals surface area contributed by atoms with Crippen molar-refractivity contribution >= 4 is 35.0 Å². The molecule has 1 fully saturated rings. The fourth-order valence-corrected chi connectivity index (χ4v) is 4.98. The van der Waals surface area contributed by atoms with Crippen LogP contribution < -0.4 is 10.1 Å². The van der Waals surface area contributed by atoms with E-state index in [4.69, 9.17) is 27.9 Å². The van der Waals surface area contributed by atoms with E-state index in [0.717, 1.165) is 42.4 Å². The molecule has 0 spiro atoms. The van der Waals surface area contributed by atoms with Gasteiger partial charge in [-0.25, -0.2) is 0 Å². The minimum atomic E-state index is -0.720. The lowest BCUT2D eigenvalue weighted by molar-refractivity contribution is -0.143. The van der Waals surface area contributed by atoms with E-state index in [0.29, 0.717) is 22.2 Å². The standard InChI is InChI=1S/C30H32Cl2N2O3/c1-21-17-25(15-16-26(21)31)37-20-29(35)34(19-23-11-5-8-14-27(23)32)28(18-22-9-3-2-4-10-22)30(36)33-24-12-6-7-13-24/h2-5,8-11,14-17,24,28H,6-7,12-13,18-20H2,1H3,(H,33,36)/t28-/m1/s1. The summed E-state index contributed by atoms with van der Waals surface area (Å²) in [6, 6.07) is 21.8. The number of halogens is 2. The number of amides is 2. The molecular formula is C30H32Cl2N2O3. The Bertz CT molecular complexity index is 1210. The van der Waals surface area contributed by atoms with Crippen LogP contribution in [0.25, 0.3) is 0 Å². The van der Waals surface area contributed by atoms with Gasteiger partial charge in [-0.1, -0.05) is 84.6 Å². The topological polar surface area (TPSA) is 58.6 Å². The highest BCUT2D eigenvalue weighted by Crippen LogP contribution is 2.24. The fraction of sp³-hybridized carbons (Fsp3) is 0.333. The highest BCUT2D eigenvalue weighted by molar-refractivity contribution is 6.31. The van der Waals surface area contributed by atoms with E-state index >= 15 is 0 Å². The van der Waals surface area contributed by atoms with Crippen molar-refractivity contribution in [2.75, 3.05) is 6.61 Å². The van der Waals surface area contributed by atoms with Gasteiger partial charge in [0.15, 0.2) is 6.61 Å². The number of rotatable bonds is 10. The van der Waals surface area contributed by atoms with Crippen molar-refractivity contribution in [2.45, 2.75) is 57.7 Å². The zero-order valence-corrected chi connectivity index (χ0v) is 22.5. The van der Waals surface area contributed by atoms with Crippen LogP contribution in [0.4, 0.5) is 0 Å². The average Bonchev–Trinajstić information content (AvgIpc) is 3.41. The smallest absolute Gasteiger partial charge is 0.261 e. The highest BCUT2D eigenvalue weighted by Gasteiger charge is 2.32. The van der Waals surface area contributed by atoms with E-state index in [9.17, 15) is 9.59 Å². The van der Waals surface area contributed by atoms with Gasteiger partial charge in [-0.15, -0.1) is 0 Å². The average molecular weight is 540 g/mol. The van der Waals surface area contributed by atoms with Gasteiger partial charge in [-0.3, -0.25) is 9.59 Å². The maximum atomic E-state index is 13.7. The van der Waals surface area contributed by atoms with Gasteiger partial charge in [0.25, 0.3) is 5.91 Å². The van der Waals surface area contributed by atoms with Crippen LogP contribution in [0.5, 0.6) is 5.75 Å². The quantitative estimate of drug-likeness (QED) is 0.325. The van der Waals surface area contributed by atoms with Crippen LogP contribution in [-0.2, 0) is 22.6 Å². The molecule has 1 saturated carbocycles. The predicted octanol–water partition coefficient (Wildman–Crippen LogP) is 6.38. The second-order valence-electron chi connectivity index (χ2n) is 9.51. The Kier molecular flexibility index (Phi) is 9.48. The predicted molar refractivity (Wildman–Crippen MR) is 148 cm³/mol. The second kappa shape index (κ2) is 13.0. The van der Waals surface area contributed by atoms with Gasteiger partial charge in [0.05, 0.1) is 0 Å². The molecule has 7 heteroatoms. The number of ether oxygens (including phenoxy) is 1. The van der Waals surface area contributed by atoms with Crippen LogP contribution in [0.15, 0.2) is 72.8 Å². The Morgan fingerprint density at radius 3 is 2.38 bits per heavy atom. The molecule has 0 saturated heterocycles. The normalized spacial score (nSPS) is 14.2. The molecule has 37 heavy (non-hydrogen) atoms. The molecular weight excluding hydrogens is 507 g/mol. The van der Waals surface area contributed by atoms with Crippen LogP contribution in [0, 0.1) is 6.92 Å². The molecule has 0 bridgehead atoms. The molecule has 194 valence electrons. The third-order valence-corrected chi connectivity index (χ3v) is 7.56. The van der Waals surface area contributed by atoms with Crippen LogP contribution in [-0.4, -0.2) is 35.4 Å². The summed E-state index contributed by atoms with van der Waals surface area (Å²) in [4.78, 5) is 29.0. The first-order valence-electron chi connectivity index (χ1n) is 12.7. The van der Waals surface area contributed by atoms with E-state index in [2.05, 4.69) is 5.32 Å². The number of aryl methyl sites for hydroxylation is 1. The van der Waals surface area contributed by atoms with Crippen molar-refractivity contribution in [3.05, 3.63) is 99.5 Å². The number of nitrogens with one attached hydrogen (secondary N) is 1. The van der Waals surface area contributed by atoms with Crippen LogP contribution in [0.3, 0.4) is 0 Å². The number of hydrogen-bond donors (Lipinski definition) is 1. The molecule has 1 aliphatic rings. The van der Waals surface area contributed by atoms with Crippen molar-refractivity contribution in [2.24, 2.45) is 0 Å². The first kappa shape index (κ1) is 27.0.